The summed E-state index contributed by atoms with van der Waals surface area (Å²) in [7, 11) is 0. The Morgan fingerprint density at radius 3 is 2.39 bits per heavy atom. The largest absolute Gasteiger partial charge is 0.363 e. The van der Waals surface area contributed by atoms with Gasteiger partial charge in [0.25, 0.3) is 5.91 Å². The van der Waals surface area contributed by atoms with Crippen LogP contribution in [0.4, 0.5) is 4.39 Å². The Hall–Kier alpha value is -2.44. The molecule has 1 aromatic heterocycles. The van der Waals surface area contributed by atoms with Gasteiger partial charge in [-0.25, -0.2) is 14.1 Å². The van der Waals surface area contributed by atoms with E-state index in [1.165, 1.54) is 28.9 Å². The molecule has 5 nitrogen and oxygen atoms in total. The fraction of sp³-hybridized carbons (Fsp3) is 0. The van der Waals surface area contributed by atoms with Crippen LogP contribution in [0.3, 0.4) is 0 Å². The van der Waals surface area contributed by atoms with Gasteiger partial charge in [0.15, 0.2) is 5.82 Å². The highest BCUT2D eigenvalue weighted by Crippen LogP contribution is 2.27. The summed E-state index contributed by atoms with van der Waals surface area (Å²) in [6, 6.07) is 10.5. The van der Waals surface area contributed by atoms with Gasteiger partial charge in [0.2, 0.25) is 5.82 Å². The lowest BCUT2D eigenvalue weighted by atomic mass is 10.2. The van der Waals surface area contributed by atoms with E-state index in [1.807, 2.05) is 0 Å². The summed E-state index contributed by atoms with van der Waals surface area (Å²) in [4.78, 5) is 15.5. The molecule has 0 spiro atoms. The summed E-state index contributed by atoms with van der Waals surface area (Å²) in [5.41, 5.74) is 6.35. The number of nitrogens with zero attached hydrogens (tertiary/aromatic N) is 3. The second kappa shape index (κ2) is 5.98. The highest BCUT2D eigenvalue weighted by Gasteiger charge is 2.17. The smallest absolute Gasteiger partial charge is 0.288 e. The Balaban J connectivity index is 2.20. The lowest BCUT2D eigenvalue weighted by Crippen LogP contribution is -2.13. The van der Waals surface area contributed by atoms with Crippen molar-refractivity contribution in [2.75, 3.05) is 0 Å². The Labute approximate surface area is 140 Å². The second-order valence-electron chi connectivity index (χ2n) is 4.64. The molecule has 0 fully saturated rings. The lowest BCUT2D eigenvalue weighted by molar-refractivity contribution is 0.0990. The van der Waals surface area contributed by atoms with E-state index in [4.69, 9.17) is 28.9 Å². The van der Waals surface area contributed by atoms with Crippen molar-refractivity contribution in [3.63, 3.8) is 0 Å². The number of amides is 1. The fourth-order valence-corrected chi connectivity index (χ4v) is 2.29. The average molecular weight is 351 g/mol. The molecule has 23 heavy (non-hydrogen) atoms. The van der Waals surface area contributed by atoms with Crippen molar-refractivity contribution in [2.24, 2.45) is 5.73 Å². The van der Waals surface area contributed by atoms with Crippen molar-refractivity contribution < 1.29 is 9.18 Å². The van der Waals surface area contributed by atoms with Crippen LogP contribution in [0.2, 0.25) is 10.0 Å². The van der Waals surface area contributed by atoms with Crippen molar-refractivity contribution in [2.45, 2.75) is 0 Å². The number of benzene rings is 2. The first-order valence-corrected chi connectivity index (χ1v) is 7.19. The van der Waals surface area contributed by atoms with Crippen molar-refractivity contribution >= 4 is 29.1 Å². The Bertz CT molecular complexity index is 893. The van der Waals surface area contributed by atoms with Crippen molar-refractivity contribution in [1.82, 2.24) is 14.8 Å². The maximum atomic E-state index is 13.1. The van der Waals surface area contributed by atoms with E-state index in [1.54, 1.807) is 18.2 Å². The number of carbonyl (C=O) groups excluding carboxylic acids is 1. The van der Waals surface area contributed by atoms with E-state index in [2.05, 4.69) is 10.1 Å². The van der Waals surface area contributed by atoms with Gasteiger partial charge in [0.1, 0.15) is 5.82 Å². The van der Waals surface area contributed by atoms with Crippen LogP contribution in [0.1, 0.15) is 10.6 Å². The van der Waals surface area contributed by atoms with Crippen molar-refractivity contribution in [3.8, 4) is 17.1 Å². The van der Waals surface area contributed by atoms with Crippen LogP contribution in [0.15, 0.2) is 42.5 Å². The van der Waals surface area contributed by atoms with E-state index < -0.39 is 5.91 Å². The molecule has 0 unspecified atom stereocenters. The highest BCUT2D eigenvalue weighted by molar-refractivity contribution is 6.42. The van der Waals surface area contributed by atoms with Crippen LogP contribution in [-0.4, -0.2) is 20.7 Å². The molecule has 0 aliphatic heterocycles. The number of primary amides is 1. The Kier molecular flexibility index (Phi) is 4.02. The monoisotopic (exact) mass is 350 g/mol. The zero-order valence-corrected chi connectivity index (χ0v) is 13.0. The van der Waals surface area contributed by atoms with E-state index in [0.717, 1.165) is 0 Å². The number of rotatable bonds is 3. The van der Waals surface area contributed by atoms with Crippen LogP contribution >= 0.6 is 23.2 Å². The number of hydrogen-bond acceptors (Lipinski definition) is 3. The predicted molar refractivity (Wildman–Crippen MR) is 85.3 cm³/mol. The van der Waals surface area contributed by atoms with Gasteiger partial charge in [-0.3, -0.25) is 4.79 Å². The summed E-state index contributed by atoms with van der Waals surface area (Å²) < 4.78 is 14.5. The van der Waals surface area contributed by atoms with Crippen LogP contribution in [0, 0.1) is 5.82 Å². The Morgan fingerprint density at radius 2 is 1.78 bits per heavy atom. The number of carbonyl (C=O) groups is 1. The molecule has 0 aliphatic rings. The topological polar surface area (TPSA) is 73.8 Å². The van der Waals surface area contributed by atoms with Crippen LogP contribution in [0.25, 0.3) is 17.1 Å². The maximum absolute atomic E-state index is 13.1. The zero-order valence-electron chi connectivity index (χ0n) is 11.5. The third-order valence-corrected chi connectivity index (χ3v) is 3.82. The quantitative estimate of drug-likeness (QED) is 0.785. The number of aromatic nitrogens is 3. The molecule has 0 atom stereocenters. The summed E-state index contributed by atoms with van der Waals surface area (Å²) in [6.45, 7) is 0. The molecular weight excluding hydrogens is 342 g/mol. The summed E-state index contributed by atoms with van der Waals surface area (Å²) in [6.07, 6.45) is 0. The number of halogens is 3. The predicted octanol–water partition coefficient (Wildman–Crippen LogP) is 3.48. The van der Waals surface area contributed by atoms with E-state index in [9.17, 15) is 9.18 Å². The number of hydrogen-bond donors (Lipinski definition) is 1. The first-order valence-electron chi connectivity index (χ1n) is 6.44. The minimum Gasteiger partial charge on any atom is -0.363 e. The molecule has 116 valence electrons. The Morgan fingerprint density at radius 1 is 1.09 bits per heavy atom. The molecule has 3 aromatic rings. The standard InChI is InChI=1S/C15H9Cl2FN4O/c16-11-6-5-10(7-12(11)17)22-15(20-14(21-22)13(19)23)8-1-3-9(18)4-2-8/h1-7H,(H2,19,23). The van der Waals surface area contributed by atoms with Crippen LogP contribution in [0.5, 0.6) is 0 Å². The van der Waals surface area contributed by atoms with E-state index >= 15 is 0 Å². The average Bonchev–Trinajstić information content (AvgIpc) is 2.96. The molecular formula is C15H9Cl2FN4O. The molecule has 0 saturated carbocycles. The first kappa shape index (κ1) is 15.5. The van der Waals surface area contributed by atoms with Gasteiger partial charge in [-0.1, -0.05) is 23.2 Å². The molecule has 2 aromatic carbocycles. The maximum Gasteiger partial charge on any atom is 0.288 e. The molecule has 0 radical (unpaired) electrons. The molecule has 3 rings (SSSR count). The summed E-state index contributed by atoms with van der Waals surface area (Å²) in [5.74, 6) is -0.982. The molecule has 1 heterocycles. The first-order chi connectivity index (χ1) is 11.0. The molecule has 0 aliphatic carbocycles. The molecule has 8 heteroatoms. The van der Waals surface area contributed by atoms with Gasteiger partial charge < -0.3 is 5.73 Å². The van der Waals surface area contributed by atoms with Crippen LogP contribution < -0.4 is 5.73 Å². The van der Waals surface area contributed by atoms with Crippen molar-refractivity contribution in [1.29, 1.82) is 0 Å². The lowest BCUT2D eigenvalue weighted by Gasteiger charge is -2.07. The third kappa shape index (κ3) is 3.04. The van der Waals surface area contributed by atoms with Gasteiger partial charge in [0, 0.05) is 5.56 Å². The third-order valence-electron chi connectivity index (χ3n) is 3.08. The van der Waals surface area contributed by atoms with Gasteiger partial charge in [-0.15, -0.1) is 5.10 Å². The van der Waals surface area contributed by atoms with E-state index in [0.29, 0.717) is 27.1 Å². The summed E-state index contributed by atoms with van der Waals surface area (Å²) in [5, 5.41) is 4.79. The van der Waals surface area contributed by atoms with Crippen molar-refractivity contribution in [3.05, 3.63) is 64.2 Å². The van der Waals surface area contributed by atoms with Gasteiger partial charge in [0.05, 0.1) is 15.7 Å². The molecule has 2 N–H and O–H groups in total. The van der Waals surface area contributed by atoms with E-state index in [-0.39, 0.29) is 11.6 Å². The summed E-state index contributed by atoms with van der Waals surface area (Å²) >= 11 is 11.9. The SMILES string of the molecule is NC(=O)c1nc(-c2ccc(F)cc2)n(-c2ccc(Cl)c(Cl)c2)n1. The minimum atomic E-state index is -0.771. The van der Waals surface area contributed by atoms with Gasteiger partial charge in [-0.05, 0) is 42.5 Å². The minimum absolute atomic E-state index is 0.157. The van der Waals surface area contributed by atoms with Gasteiger partial charge in [-0.2, -0.15) is 0 Å². The van der Waals surface area contributed by atoms with Crippen LogP contribution in [-0.2, 0) is 0 Å². The zero-order chi connectivity index (χ0) is 16.6. The molecule has 1 amide bonds. The normalized spacial score (nSPS) is 10.7. The molecule has 0 saturated heterocycles. The van der Waals surface area contributed by atoms with Gasteiger partial charge >= 0.3 is 0 Å². The highest BCUT2D eigenvalue weighted by atomic mass is 35.5. The molecule has 0 bridgehead atoms. The number of nitrogens with two attached hydrogens (primary N) is 1. The second-order valence-corrected chi connectivity index (χ2v) is 5.45. The fourth-order valence-electron chi connectivity index (χ4n) is 2.00.